The summed E-state index contributed by atoms with van der Waals surface area (Å²) in [6.07, 6.45) is 1.63. The Balaban J connectivity index is 2.21. The highest BCUT2D eigenvalue weighted by molar-refractivity contribution is 9.11. The topological polar surface area (TPSA) is 42.0 Å². The molecule has 0 atom stereocenters. The minimum Gasteiger partial charge on any atom is -0.305 e. The van der Waals surface area contributed by atoms with E-state index in [0.29, 0.717) is 10.7 Å². The maximum absolute atomic E-state index is 11.9. The first-order chi connectivity index (χ1) is 7.68. The Morgan fingerprint density at radius 2 is 2.12 bits per heavy atom. The number of carbonyl (C=O) groups excluding carboxylic acids is 1. The van der Waals surface area contributed by atoms with E-state index in [2.05, 4.69) is 42.2 Å². The van der Waals surface area contributed by atoms with Crippen molar-refractivity contribution in [2.45, 2.75) is 0 Å². The van der Waals surface area contributed by atoms with Crippen LogP contribution in [-0.2, 0) is 0 Å². The Bertz CT molecular complexity index is 527. The second-order valence-electron chi connectivity index (χ2n) is 2.89. The van der Waals surface area contributed by atoms with Gasteiger partial charge in [-0.25, -0.2) is 4.98 Å². The third kappa shape index (κ3) is 2.50. The Labute approximate surface area is 113 Å². The summed E-state index contributed by atoms with van der Waals surface area (Å²) in [4.78, 5) is 16.6. The second kappa shape index (κ2) is 5.07. The fourth-order valence-corrected chi connectivity index (χ4v) is 2.90. The van der Waals surface area contributed by atoms with Gasteiger partial charge in [-0.3, -0.25) is 4.79 Å². The van der Waals surface area contributed by atoms with Crippen molar-refractivity contribution in [1.82, 2.24) is 4.98 Å². The highest BCUT2D eigenvalue weighted by Gasteiger charge is 2.13. The summed E-state index contributed by atoms with van der Waals surface area (Å²) >= 11 is 8.02. The van der Waals surface area contributed by atoms with Crippen LogP contribution in [0.2, 0.25) is 0 Å². The van der Waals surface area contributed by atoms with Crippen molar-refractivity contribution >= 4 is 54.9 Å². The van der Waals surface area contributed by atoms with Crippen molar-refractivity contribution in [2.24, 2.45) is 0 Å². The van der Waals surface area contributed by atoms with E-state index < -0.39 is 0 Å². The summed E-state index contributed by atoms with van der Waals surface area (Å²) in [7, 11) is 0. The lowest BCUT2D eigenvalue weighted by atomic mass is 10.4. The molecule has 0 unspecified atom stereocenters. The zero-order chi connectivity index (χ0) is 11.5. The van der Waals surface area contributed by atoms with E-state index in [1.807, 2.05) is 17.5 Å². The zero-order valence-corrected chi connectivity index (χ0v) is 11.9. The van der Waals surface area contributed by atoms with Gasteiger partial charge in [0.05, 0.1) is 4.47 Å². The molecule has 2 aromatic heterocycles. The lowest BCUT2D eigenvalue weighted by Crippen LogP contribution is -2.12. The molecule has 0 spiro atoms. The first kappa shape index (κ1) is 11.8. The molecular weight excluding hydrogens is 356 g/mol. The molecule has 0 aliphatic rings. The van der Waals surface area contributed by atoms with E-state index in [9.17, 15) is 4.79 Å². The van der Waals surface area contributed by atoms with Crippen molar-refractivity contribution in [3.8, 4) is 0 Å². The summed E-state index contributed by atoms with van der Waals surface area (Å²) < 4.78 is 1.55. The number of nitrogens with zero attached hydrogens (tertiary/aromatic N) is 1. The molecule has 6 heteroatoms. The van der Waals surface area contributed by atoms with Gasteiger partial charge in [0.25, 0.3) is 5.91 Å². The van der Waals surface area contributed by atoms with Gasteiger partial charge in [-0.15, -0.1) is 11.3 Å². The van der Waals surface area contributed by atoms with E-state index in [-0.39, 0.29) is 5.91 Å². The highest BCUT2D eigenvalue weighted by atomic mass is 79.9. The molecule has 1 N–H and O–H groups in total. The molecule has 3 nitrogen and oxygen atoms in total. The summed E-state index contributed by atoms with van der Waals surface area (Å²) in [5, 5.41) is 4.59. The summed E-state index contributed by atoms with van der Waals surface area (Å²) in [6, 6.07) is 5.46. The van der Waals surface area contributed by atoms with Crippen LogP contribution in [0.5, 0.6) is 0 Å². The maximum Gasteiger partial charge on any atom is 0.268 e. The van der Waals surface area contributed by atoms with Crippen LogP contribution in [0.4, 0.5) is 5.82 Å². The van der Waals surface area contributed by atoms with Crippen molar-refractivity contribution in [1.29, 1.82) is 0 Å². The Kier molecular flexibility index (Phi) is 3.73. The van der Waals surface area contributed by atoms with Crippen molar-refractivity contribution < 1.29 is 4.79 Å². The number of hydrogen-bond donors (Lipinski definition) is 1. The van der Waals surface area contributed by atoms with Crippen LogP contribution in [-0.4, -0.2) is 10.9 Å². The zero-order valence-electron chi connectivity index (χ0n) is 7.91. The van der Waals surface area contributed by atoms with Crippen LogP contribution in [0.3, 0.4) is 0 Å². The molecule has 0 radical (unpaired) electrons. The summed E-state index contributed by atoms with van der Waals surface area (Å²) in [6.45, 7) is 0. The molecule has 0 aromatic carbocycles. The van der Waals surface area contributed by atoms with Gasteiger partial charge in [0.1, 0.15) is 10.7 Å². The molecular formula is C10H6Br2N2OS. The lowest BCUT2D eigenvalue weighted by Gasteiger charge is -2.04. The molecule has 2 heterocycles. The number of halogens is 2. The van der Waals surface area contributed by atoms with E-state index in [1.54, 1.807) is 12.3 Å². The van der Waals surface area contributed by atoms with Gasteiger partial charge in [-0.2, -0.15) is 0 Å². The smallest absolute Gasteiger partial charge is 0.268 e. The highest BCUT2D eigenvalue weighted by Crippen LogP contribution is 2.25. The lowest BCUT2D eigenvalue weighted by molar-refractivity contribution is 0.102. The normalized spacial score (nSPS) is 10.1. The fourth-order valence-electron chi connectivity index (χ4n) is 1.10. The van der Waals surface area contributed by atoms with Gasteiger partial charge in [0.2, 0.25) is 0 Å². The molecule has 1 amide bonds. The second-order valence-corrected chi connectivity index (χ2v) is 5.51. The number of aromatic nitrogens is 1. The number of thiophene rings is 1. The molecule has 0 bridgehead atoms. The predicted octanol–water partition coefficient (Wildman–Crippen LogP) is 3.92. The van der Waals surface area contributed by atoms with Crippen LogP contribution in [0.1, 0.15) is 9.67 Å². The molecule has 2 aromatic rings. The third-order valence-corrected chi connectivity index (χ3v) is 4.29. The first-order valence-corrected chi connectivity index (χ1v) is 6.80. The number of carbonyl (C=O) groups is 1. The number of anilines is 1. The van der Waals surface area contributed by atoms with Crippen molar-refractivity contribution in [2.75, 3.05) is 5.32 Å². The molecule has 0 saturated heterocycles. The quantitative estimate of drug-likeness (QED) is 0.880. The van der Waals surface area contributed by atoms with Gasteiger partial charge in [-0.05, 0) is 55.4 Å². The summed E-state index contributed by atoms with van der Waals surface area (Å²) in [5.41, 5.74) is 0. The van der Waals surface area contributed by atoms with E-state index in [4.69, 9.17) is 0 Å². The van der Waals surface area contributed by atoms with Crippen molar-refractivity contribution in [3.63, 3.8) is 0 Å². The first-order valence-electron chi connectivity index (χ1n) is 4.33. The maximum atomic E-state index is 11.9. The molecule has 0 aliphatic heterocycles. The van der Waals surface area contributed by atoms with Crippen LogP contribution in [0.25, 0.3) is 0 Å². The largest absolute Gasteiger partial charge is 0.305 e. The number of rotatable bonds is 2. The molecule has 16 heavy (non-hydrogen) atoms. The molecule has 0 fully saturated rings. The number of hydrogen-bond acceptors (Lipinski definition) is 3. The van der Waals surface area contributed by atoms with Crippen LogP contribution >= 0.6 is 43.2 Å². The van der Waals surface area contributed by atoms with E-state index in [1.165, 1.54) is 11.3 Å². The molecule has 0 saturated carbocycles. The third-order valence-electron chi connectivity index (χ3n) is 1.81. The van der Waals surface area contributed by atoms with Gasteiger partial charge >= 0.3 is 0 Å². The minimum absolute atomic E-state index is 0.165. The SMILES string of the molecule is O=C(Nc1ncccc1Br)c1sccc1Br. The average Bonchev–Trinajstić information content (AvgIpc) is 2.68. The summed E-state index contributed by atoms with van der Waals surface area (Å²) in [5.74, 6) is 0.356. The van der Waals surface area contributed by atoms with E-state index >= 15 is 0 Å². The number of pyridine rings is 1. The predicted molar refractivity (Wildman–Crippen MR) is 71.9 cm³/mol. The van der Waals surface area contributed by atoms with Crippen LogP contribution in [0, 0.1) is 0 Å². The molecule has 0 aliphatic carbocycles. The molecule has 82 valence electrons. The van der Waals surface area contributed by atoms with Gasteiger partial charge < -0.3 is 5.32 Å². The Hall–Kier alpha value is -0.720. The van der Waals surface area contributed by atoms with Crippen molar-refractivity contribution in [3.05, 3.63) is 43.6 Å². The van der Waals surface area contributed by atoms with Crippen LogP contribution in [0.15, 0.2) is 38.7 Å². The van der Waals surface area contributed by atoms with Gasteiger partial charge in [-0.1, -0.05) is 0 Å². The number of nitrogens with one attached hydrogen (secondary N) is 1. The minimum atomic E-state index is -0.165. The fraction of sp³-hybridized carbons (Fsp3) is 0. The van der Waals surface area contributed by atoms with Gasteiger partial charge in [0, 0.05) is 10.7 Å². The van der Waals surface area contributed by atoms with E-state index in [0.717, 1.165) is 8.95 Å². The average molecular weight is 362 g/mol. The Morgan fingerprint density at radius 3 is 2.75 bits per heavy atom. The van der Waals surface area contributed by atoms with Gasteiger partial charge in [0.15, 0.2) is 0 Å². The monoisotopic (exact) mass is 360 g/mol. The molecule has 2 rings (SSSR count). The standard InChI is InChI=1S/C10H6Br2N2OS/c11-6-3-5-16-8(6)10(15)14-9-7(12)2-1-4-13-9/h1-5H,(H,13,14,15). The Morgan fingerprint density at radius 1 is 1.31 bits per heavy atom. The van der Waals surface area contributed by atoms with Crippen LogP contribution < -0.4 is 5.32 Å². The number of amides is 1.